The van der Waals surface area contributed by atoms with Gasteiger partial charge in [0.15, 0.2) is 5.69 Å². The molecule has 5 nitrogen and oxygen atoms in total. The molecule has 0 bridgehead atoms. The van der Waals surface area contributed by atoms with Crippen LogP contribution in [0, 0.1) is 0 Å². The molecule has 17 heavy (non-hydrogen) atoms. The average molecular weight is 254 g/mol. The Hall–Kier alpha value is -1.27. The molecule has 1 saturated heterocycles. The van der Waals surface area contributed by atoms with Gasteiger partial charge >= 0.3 is 0 Å². The molecule has 0 atom stereocenters. The van der Waals surface area contributed by atoms with Gasteiger partial charge in [-0.3, -0.25) is 4.79 Å². The van der Waals surface area contributed by atoms with E-state index in [1.807, 2.05) is 6.07 Å². The van der Waals surface area contributed by atoms with E-state index < -0.39 is 5.91 Å². The number of carbonyl (C=O) groups excluding carboxylic acids is 1. The fourth-order valence-corrected chi connectivity index (χ4v) is 2.03. The zero-order valence-electron chi connectivity index (χ0n) is 9.57. The van der Waals surface area contributed by atoms with Crippen LogP contribution >= 0.6 is 13.5 Å². The highest BCUT2D eigenvalue weighted by atomic mass is 32.1. The van der Waals surface area contributed by atoms with Gasteiger partial charge in [-0.05, 0) is 38.1 Å². The number of pyridine rings is 1. The Labute approximate surface area is 107 Å². The number of carbonyl (C=O) groups is 1. The lowest BCUT2D eigenvalue weighted by Crippen LogP contribution is -2.27. The van der Waals surface area contributed by atoms with Crippen molar-refractivity contribution < 1.29 is 4.79 Å². The fourth-order valence-electron chi connectivity index (χ4n) is 2.03. The van der Waals surface area contributed by atoms with Crippen LogP contribution in [0.5, 0.6) is 0 Å². The van der Waals surface area contributed by atoms with Gasteiger partial charge in [0.2, 0.25) is 0 Å². The number of anilines is 1. The summed E-state index contributed by atoms with van der Waals surface area (Å²) in [7, 11) is 0. The van der Waals surface area contributed by atoms with E-state index in [4.69, 9.17) is 11.5 Å². The number of nitrogens with two attached hydrogens (primary N) is 2. The van der Waals surface area contributed by atoms with Crippen molar-refractivity contribution in [3.05, 3.63) is 23.5 Å². The van der Waals surface area contributed by atoms with E-state index in [1.165, 1.54) is 0 Å². The summed E-state index contributed by atoms with van der Waals surface area (Å²) in [5.41, 5.74) is 12.3. The molecule has 0 saturated carbocycles. The second-order valence-corrected chi connectivity index (χ2v) is 4.06. The van der Waals surface area contributed by atoms with Crippen LogP contribution in [0.15, 0.2) is 12.1 Å². The molecule has 1 aliphatic rings. The van der Waals surface area contributed by atoms with E-state index in [2.05, 4.69) is 10.3 Å². The van der Waals surface area contributed by atoms with Gasteiger partial charge < -0.3 is 16.8 Å². The summed E-state index contributed by atoms with van der Waals surface area (Å²) < 4.78 is 0. The first kappa shape index (κ1) is 13.8. The molecule has 1 aliphatic heterocycles. The van der Waals surface area contributed by atoms with E-state index in [0.29, 0.717) is 11.6 Å². The number of nitrogens with zero attached hydrogens (tertiary/aromatic N) is 1. The molecule has 1 aromatic rings. The first-order valence-corrected chi connectivity index (χ1v) is 5.45. The van der Waals surface area contributed by atoms with E-state index in [9.17, 15) is 4.79 Å². The van der Waals surface area contributed by atoms with Gasteiger partial charge in [0.25, 0.3) is 5.91 Å². The van der Waals surface area contributed by atoms with Crippen LogP contribution in [-0.2, 0) is 0 Å². The lowest BCUT2D eigenvalue weighted by molar-refractivity contribution is 0.0996. The maximum Gasteiger partial charge on any atom is 0.269 e. The molecule has 94 valence electrons. The Bertz CT molecular complexity index is 404. The van der Waals surface area contributed by atoms with Crippen LogP contribution in [0.1, 0.15) is 34.9 Å². The van der Waals surface area contributed by atoms with Gasteiger partial charge in [-0.15, -0.1) is 0 Å². The number of hydrogen-bond donors (Lipinski definition) is 3. The Morgan fingerprint density at radius 1 is 1.35 bits per heavy atom. The molecule has 0 aliphatic carbocycles. The smallest absolute Gasteiger partial charge is 0.269 e. The monoisotopic (exact) mass is 254 g/mol. The van der Waals surface area contributed by atoms with Crippen LogP contribution in [-0.4, -0.2) is 24.0 Å². The maximum absolute atomic E-state index is 11.1. The molecule has 1 fully saturated rings. The number of aromatic nitrogens is 1. The van der Waals surface area contributed by atoms with Crippen LogP contribution < -0.4 is 16.8 Å². The van der Waals surface area contributed by atoms with Crippen molar-refractivity contribution in [3.63, 3.8) is 0 Å². The van der Waals surface area contributed by atoms with Gasteiger partial charge in [0.1, 0.15) is 0 Å². The summed E-state index contributed by atoms with van der Waals surface area (Å²) in [4.78, 5) is 15.4. The summed E-state index contributed by atoms with van der Waals surface area (Å²) in [5.74, 6) is -0.159. The summed E-state index contributed by atoms with van der Waals surface area (Å²) in [5, 5.41) is 3.29. The topological polar surface area (TPSA) is 94.0 Å². The van der Waals surface area contributed by atoms with Crippen molar-refractivity contribution in [2.75, 3.05) is 18.8 Å². The molecule has 0 spiro atoms. The average Bonchev–Trinajstić information content (AvgIpc) is 2.30. The summed E-state index contributed by atoms with van der Waals surface area (Å²) in [6.07, 6.45) is 2.07. The van der Waals surface area contributed by atoms with Gasteiger partial charge in [-0.1, -0.05) is 0 Å². The second kappa shape index (κ2) is 5.88. The highest BCUT2D eigenvalue weighted by molar-refractivity contribution is 7.59. The summed E-state index contributed by atoms with van der Waals surface area (Å²) in [6.45, 7) is 1.98. The third-order valence-corrected chi connectivity index (χ3v) is 2.94. The van der Waals surface area contributed by atoms with E-state index in [0.717, 1.165) is 31.6 Å². The molecular formula is C11H18N4OS. The predicted octanol–water partition coefficient (Wildman–Crippen LogP) is 0.342. The number of nitrogen functional groups attached to an aromatic ring is 1. The van der Waals surface area contributed by atoms with Crippen molar-refractivity contribution in [3.8, 4) is 0 Å². The SMILES string of the molecule is NC(=O)c1nc(C2CCNCC2)ccc1N.S. The maximum atomic E-state index is 11.1. The Morgan fingerprint density at radius 2 is 2.00 bits per heavy atom. The molecule has 1 aromatic heterocycles. The van der Waals surface area contributed by atoms with Crippen molar-refractivity contribution in [2.24, 2.45) is 5.73 Å². The highest BCUT2D eigenvalue weighted by Gasteiger charge is 2.18. The van der Waals surface area contributed by atoms with Crippen LogP contribution in [0.2, 0.25) is 0 Å². The molecule has 5 N–H and O–H groups in total. The Balaban J connectivity index is 0.00000144. The number of rotatable bonds is 2. The molecule has 2 rings (SSSR count). The van der Waals surface area contributed by atoms with Crippen molar-refractivity contribution >= 4 is 25.1 Å². The van der Waals surface area contributed by atoms with Crippen molar-refractivity contribution in [1.82, 2.24) is 10.3 Å². The number of amides is 1. The Morgan fingerprint density at radius 3 is 2.59 bits per heavy atom. The van der Waals surface area contributed by atoms with Crippen molar-refractivity contribution in [2.45, 2.75) is 18.8 Å². The fraction of sp³-hybridized carbons (Fsp3) is 0.455. The van der Waals surface area contributed by atoms with Gasteiger partial charge in [0.05, 0.1) is 5.69 Å². The zero-order chi connectivity index (χ0) is 11.5. The second-order valence-electron chi connectivity index (χ2n) is 4.06. The molecule has 0 unspecified atom stereocenters. The minimum absolute atomic E-state index is 0. The first-order valence-electron chi connectivity index (χ1n) is 5.45. The molecule has 0 radical (unpaired) electrons. The first-order chi connectivity index (χ1) is 7.68. The normalized spacial score (nSPS) is 16.2. The largest absolute Gasteiger partial charge is 0.397 e. The predicted molar refractivity (Wildman–Crippen MR) is 72.4 cm³/mol. The molecule has 0 aromatic carbocycles. The highest BCUT2D eigenvalue weighted by Crippen LogP contribution is 2.24. The molecule has 2 heterocycles. The van der Waals surface area contributed by atoms with Gasteiger partial charge in [0, 0.05) is 11.6 Å². The minimum atomic E-state index is -0.562. The molecular weight excluding hydrogens is 236 g/mol. The van der Waals surface area contributed by atoms with Crippen LogP contribution in [0.4, 0.5) is 5.69 Å². The third kappa shape index (κ3) is 3.10. The summed E-state index contributed by atoms with van der Waals surface area (Å²) >= 11 is 0. The Kier molecular flexibility index (Phi) is 4.77. The molecule has 6 heteroatoms. The van der Waals surface area contributed by atoms with Crippen LogP contribution in [0.25, 0.3) is 0 Å². The standard InChI is InChI=1S/C11H16N4O.H2S/c12-8-1-2-9(15-10(8)11(13)16)7-3-5-14-6-4-7;/h1-2,7,14H,3-6,12H2,(H2,13,16);1H2. The van der Waals surface area contributed by atoms with Crippen LogP contribution in [0.3, 0.4) is 0 Å². The lowest BCUT2D eigenvalue weighted by Gasteiger charge is -2.22. The van der Waals surface area contributed by atoms with E-state index >= 15 is 0 Å². The number of piperidine rings is 1. The number of primary amides is 1. The minimum Gasteiger partial charge on any atom is -0.397 e. The molecule has 1 amide bonds. The van der Waals surface area contributed by atoms with E-state index in [-0.39, 0.29) is 19.2 Å². The quantitative estimate of drug-likeness (QED) is 0.709. The number of hydrogen-bond acceptors (Lipinski definition) is 4. The third-order valence-electron chi connectivity index (χ3n) is 2.94. The van der Waals surface area contributed by atoms with Gasteiger partial charge in [-0.25, -0.2) is 4.98 Å². The zero-order valence-corrected chi connectivity index (χ0v) is 10.6. The van der Waals surface area contributed by atoms with Crippen molar-refractivity contribution in [1.29, 1.82) is 0 Å². The lowest BCUT2D eigenvalue weighted by atomic mass is 9.94. The number of nitrogens with one attached hydrogen (secondary N) is 1. The summed E-state index contributed by atoms with van der Waals surface area (Å²) in [6, 6.07) is 3.60. The van der Waals surface area contributed by atoms with E-state index in [1.54, 1.807) is 6.07 Å². The van der Waals surface area contributed by atoms with Gasteiger partial charge in [-0.2, -0.15) is 13.5 Å².